The van der Waals surface area contributed by atoms with Crippen molar-refractivity contribution in [3.05, 3.63) is 80.7 Å². The topological polar surface area (TPSA) is 99.5 Å². The van der Waals surface area contributed by atoms with Gasteiger partial charge in [-0.05, 0) is 44.2 Å². The fourth-order valence-corrected chi connectivity index (χ4v) is 3.16. The van der Waals surface area contributed by atoms with Crippen molar-refractivity contribution in [1.82, 2.24) is 9.78 Å². The molecule has 8 nitrogen and oxygen atoms in total. The summed E-state index contributed by atoms with van der Waals surface area (Å²) < 4.78 is 11.7. The van der Waals surface area contributed by atoms with Crippen LogP contribution in [0.4, 0.5) is 5.69 Å². The molecule has 1 atom stereocenters. The van der Waals surface area contributed by atoms with Gasteiger partial charge in [0.15, 0.2) is 11.8 Å². The second-order valence-electron chi connectivity index (χ2n) is 6.54. The van der Waals surface area contributed by atoms with E-state index in [0.29, 0.717) is 10.7 Å². The Bertz CT molecular complexity index is 1200. The molecule has 0 saturated heterocycles. The summed E-state index contributed by atoms with van der Waals surface area (Å²) in [6.45, 7) is 3.21. The van der Waals surface area contributed by atoms with Crippen LogP contribution in [0.3, 0.4) is 0 Å². The third-order valence-electron chi connectivity index (χ3n) is 4.23. The van der Waals surface area contributed by atoms with Crippen molar-refractivity contribution in [2.24, 2.45) is 0 Å². The number of nitrogens with zero attached hydrogens (tertiary/aromatic N) is 2. The Hall–Kier alpha value is -3.36. The molecule has 0 radical (unpaired) electrons. The molecule has 2 aromatic carbocycles. The Labute approximate surface area is 193 Å². The molecule has 0 aliphatic heterocycles. The maximum absolute atomic E-state index is 12.7. The van der Waals surface area contributed by atoms with Crippen LogP contribution in [0.1, 0.15) is 24.3 Å². The summed E-state index contributed by atoms with van der Waals surface area (Å²) in [5.41, 5.74) is -0.410. The lowest BCUT2D eigenvalue weighted by Gasteiger charge is -2.17. The van der Waals surface area contributed by atoms with E-state index < -0.39 is 23.5 Å². The third-order valence-corrected chi connectivity index (χ3v) is 4.76. The molecule has 0 aliphatic carbocycles. The molecular formula is C22H19Cl2N3O5. The average molecular weight is 476 g/mol. The van der Waals surface area contributed by atoms with Crippen LogP contribution in [0.5, 0.6) is 5.75 Å². The highest BCUT2D eigenvalue weighted by molar-refractivity contribution is 6.35. The minimum absolute atomic E-state index is 0.0902. The summed E-state index contributed by atoms with van der Waals surface area (Å²) in [6, 6.07) is 14.2. The van der Waals surface area contributed by atoms with E-state index >= 15 is 0 Å². The van der Waals surface area contributed by atoms with Gasteiger partial charge in [0.1, 0.15) is 5.75 Å². The van der Waals surface area contributed by atoms with Crippen molar-refractivity contribution >= 4 is 40.8 Å². The quantitative estimate of drug-likeness (QED) is 0.515. The second-order valence-corrected chi connectivity index (χ2v) is 7.38. The van der Waals surface area contributed by atoms with Gasteiger partial charge in [-0.1, -0.05) is 41.4 Å². The number of carbonyl (C=O) groups is 2. The highest BCUT2D eigenvalue weighted by Crippen LogP contribution is 2.28. The molecule has 166 valence electrons. The molecule has 1 amide bonds. The van der Waals surface area contributed by atoms with Crippen molar-refractivity contribution in [3.8, 4) is 11.4 Å². The van der Waals surface area contributed by atoms with Gasteiger partial charge in [0.25, 0.3) is 11.5 Å². The van der Waals surface area contributed by atoms with Gasteiger partial charge in [0.2, 0.25) is 0 Å². The average Bonchev–Trinajstić information content (AvgIpc) is 2.76. The van der Waals surface area contributed by atoms with Gasteiger partial charge in [0.05, 0.1) is 23.0 Å². The smallest absolute Gasteiger partial charge is 0.360 e. The van der Waals surface area contributed by atoms with Crippen molar-refractivity contribution in [2.45, 2.75) is 20.0 Å². The van der Waals surface area contributed by atoms with E-state index in [1.54, 1.807) is 43.3 Å². The summed E-state index contributed by atoms with van der Waals surface area (Å²) >= 11 is 11.9. The first kappa shape index (κ1) is 23.3. The Morgan fingerprint density at radius 1 is 1.12 bits per heavy atom. The zero-order valence-corrected chi connectivity index (χ0v) is 18.7. The van der Waals surface area contributed by atoms with Crippen LogP contribution in [0.25, 0.3) is 5.69 Å². The number of benzene rings is 2. The van der Waals surface area contributed by atoms with Crippen LogP contribution in [0, 0.1) is 0 Å². The number of ether oxygens (including phenoxy) is 2. The van der Waals surface area contributed by atoms with E-state index in [1.165, 1.54) is 19.1 Å². The standard InChI is InChI=1S/C22H19Cl2N3O5/c1-3-31-22(30)20-17(12-19(28)27(26-20)15-7-5-4-6-8-15)25-21(29)13(2)32-18-10-9-14(23)11-16(18)24/h4-13H,3H2,1-2H3,(H,25,29). The molecular weight excluding hydrogens is 457 g/mol. The minimum Gasteiger partial charge on any atom is -0.479 e. The second kappa shape index (κ2) is 10.3. The van der Waals surface area contributed by atoms with E-state index in [4.69, 9.17) is 32.7 Å². The molecule has 3 aromatic rings. The highest BCUT2D eigenvalue weighted by atomic mass is 35.5. The number of aromatic nitrogens is 2. The first-order chi connectivity index (χ1) is 15.3. The van der Waals surface area contributed by atoms with Crippen LogP contribution in [-0.2, 0) is 9.53 Å². The summed E-state index contributed by atoms with van der Waals surface area (Å²) in [7, 11) is 0. The van der Waals surface area contributed by atoms with Gasteiger partial charge in [-0.25, -0.2) is 4.79 Å². The number of para-hydroxylation sites is 1. The molecule has 32 heavy (non-hydrogen) atoms. The number of hydrogen-bond donors (Lipinski definition) is 1. The monoisotopic (exact) mass is 475 g/mol. The number of amides is 1. The molecule has 0 aliphatic rings. The fourth-order valence-electron chi connectivity index (χ4n) is 2.70. The molecule has 10 heteroatoms. The molecule has 1 heterocycles. The first-order valence-electron chi connectivity index (χ1n) is 9.59. The van der Waals surface area contributed by atoms with Crippen molar-refractivity contribution in [3.63, 3.8) is 0 Å². The number of rotatable bonds is 7. The van der Waals surface area contributed by atoms with Crippen LogP contribution >= 0.6 is 23.2 Å². The van der Waals surface area contributed by atoms with Crippen molar-refractivity contribution < 1.29 is 19.1 Å². The van der Waals surface area contributed by atoms with E-state index in [0.717, 1.165) is 10.7 Å². The van der Waals surface area contributed by atoms with Gasteiger partial charge in [-0.15, -0.1) is 0 Å². The Kier molecular flexibility index (Phi) is 7.50. The normalized spacial score (nSPS) is 11.5. The zero-order chi connectivity index (χ0) is 23.3. The number of hydrogen-bond acceptors (Lipinski definition) is 6. The SMILES string of the molecule is CCOC(=O)c1nn(-c2ccccc2)c(=O)cc1NC(=O)C(C)Oc1ccc(Cl)cc1Cl. The van der Waals surface area contributed by atoms with Gasteiger partial charge in [-0.3, -0.25) is 9.59 Å². The molecule has 0 bridgehead atoms. The van der Waals surface area contributed by atoms with Crippen LogP contribution < -0.4 is 15.6 Å². The predicted octanol–water partition coefficient (Wildman–Crippen LogP) is 4.12. The fraction of sp³-hybridized carbons (Fsp3) is 0.182. The number of esters is 1. The third kappa shape index (κ3) is 5.46. The highest BCUT2D eigenvalue weighted by Gasteiger charge is 2.23. The lowest BCUT2D eigenvalue weighted by atomic mass is 10.2. The molecule has 1 N–H and O–H groups in total. The maximum atomic E-state index is 12.7. The van der Waals surface area contributed by atoms with E-state index in [9.17, 15) is 14.4 Å². The molecule has 1 unspecified atom stereocenters. The van der Waals surface area contributed by atoms with E-state index in [1.807, 2.05) is 0 Å². The lowest BCUT2D eigenvalue weighted by Crippen LogP contribution is -2.33. The molecule has 0 fully saturated rings. The first-order valence-corrected chi connectivity index (χ1v) is 10.3. The largest absolute Gasteiger partial charge is 0.479 e. The number of carbonyl (C=O) groups excluding carboxylic acids is 2. The van der Waals surface area contributed by atoms with Crippen LogP contribution in [0.2, 0.25) is 10.0 Å². The molecule has 3 rings (SSSR count). The van der Waals surface area contributed by atoms with E-state index in [2.05, 4.69) is 10.4 Å². The molecule has 1 aromatic heterocycles. The van der Waals surface area contributed by atoms with Gasteiger partial charge in [0, 0.05) is 11.1 Å². The lowest BCUT2D eigenvalue weighted by molar-refractivity contribution is -0.122. The molecule has 0 spiro atoms. The van der Waals surface area contributed by atoms with Crippen LogP contribution in [0.15, 0.2) is 59.4 Å². The molecule has 0 saturated carbocycles. The Morgan fingerprint density at radius 2 is 1.84 bits per heavy atom. The Morgan fingerprint density at radius 3 is 2.50 bits per heavy atom. The van der Waals surface area contributed by atoms with Gasteiger partial charge >= 0.3 is 5.97 Å². The van der Waals surface area contributed by atoms with Gasteiger partial charge < -0.3 is 14.8 Å². The van der Waals surface area contributed by atoms with Crippen molar-refractivity contribution in [1.29, 1.82) is 0 Å². The number of halogens is 2. The summed E-state index contributed by atoms with van der Waals surface area (Å²) in [5, 5.41) is 7.28. The number of nitrogens with one attached hydrogen (secondary N) is 1. The predicted molar refractivity (Wildman–Crippen MR) is 121 cm³/mol. The summed E-state index contributed by atoms with van der Waals surface area (Å²) in [6.07, 6.45) is -1.01. The zero-order valence-electron chi connectivity index (χ0n) is 17.2. The van der Waals surface area contributed by atoms with E-state index in [-0.39, 0.29) is 28.8 Å². The van der Waals surface area contributed by atoms with Crippen molar-refractivity contribution in [2.75, 3.05) is 11.9 Å². The summed E-state index contributed by atoms with van der Waals surface area (Å²) in [5.74, 6) is -1.16. The minimum atomic E-state index is -1.01. The van der Waals surface area contributed by atoms with Gasteiger partial charge in [-0.2, -0.15) is 9.78 Å². The number of anilines is 1. The maximum Gasteiger partial charge on any atom is 0.360 e. The Balaban J connectivity index is 1.90. The summed E-state index contributed by atoms with van der Waals surface area (Å²) in [4.78, 5) is 37.8. The van der Waals surface area contributed by atoms with Crippen LogP contribution in [-0.4, -0.2) is 34.4 Å².